The summed E-state index contributed by atoms with van der Waals surface area (Å²) in [6.45, 7) is 6.06. The molecule has 0 atom stereocenters. The molecule has 0 spiro atoms. The summed E-state index contributed by atoms with van der Waals surface area (Å²) in [5, 5.41) is 0. The molecule has 2 fully saturated rings. The van der Waals surface area contributed by atoms with Crippen LogP contribution in [0.2, 0.25) is 0 Å². The van der Waals surface area contributed by atoms with Crippen LogP contribution in [0.15, 0.2) is 0 Å². The van der Waals surface area contributed by atoms with Crippen LogP contribution in [-0.2, 0) is 9.53 Å². The van der Waals surface area contributed by atoms with Crippen LogP contribution in [-0.4, -0.2) is 43.5 Å². The summed E-state index contributed by atoms with van der Waals surface area (Å²) in [6.07, 6.45) is 8.60. The van der Waals surface area contributed by atoms with Gasteiger partial charge in [0.1, 0.15) is 6.29 Å². The van der Waals surface area contributed by atoms with Gasteiger partial charge < -0.3 is 14.4 Å². The van der Waals surface area contributed by atoms with Gasteiger partial charge in [0.25, 0.3) is 0 Å². The van der Waals surface area contributed by atoms with Gasteiger partial charge in [-0.25, -0.2) is 0 Å². The number of nitrogens with zero attached hydrogens (tertiary/aromatic N) is 1. The number of rotatable bonds is 5. The maximum Gasteiger partial charge on any atom is 0.127 e. The highest BCUT2D eigenvalue weighted by molar-refractivity contribution is 5.60. The van der Waals surface area contributed by atoms with E-state index in [9.17, 15) is 4.79 Å². The molecule has 0 unspecified atom stereocenters. The monoisotopic (exact) mass is 239 g/mol. The zero-order chi connectivity index (χ0) is 12.1. The topological polar surface area (TPSA) is 29.5 Å². The predicted molar refractivity (Wildman–Crippen MR) is 68.1 cm³/mol. The smallest absolute Gasteiger partial charge is 0.127 e. The van der Waals surface area contributed by atoms with Gasteiger partial charge in [-0.05, 0) is 32.6 Å². The van der Waals surface area contributed by atoms with Gasteiger partial charge in [0, 0.05) is 31.7 Å². The van der Waals surface area contributed by atoms with Crippen LogP contribution in [0.5, 0.6) is 0 Å². The van der Waals surface area contributed by atoms with Crippen LogP contribution in [0.25, 0.3) is 0 Å². The van der Waals surface area contributed by atoms with E-state index in [0.717, 1.165) is 51.9 Å². The molecule has 1 heterocycles. The lowest BCUT2D eigenvalue weighted by Crippen LogP contribution is -2.43. The fourth-order valence-electron chi connectivity index (χ4n) is 3.31. The zero-order valence-corrected chi connectivity index (χ0v) is 11.0. The van der Waals surface area contributed by atoms with Crippen molar-refractivity contribution < 1.29 is 9.53 Å². The van der Waals surface area contributed by atoms with E-state index in [2.05, 4.69) is 11.8 Å². The first-order valence-corrected chi connectivity index (χ1v) is 7.08. The lowest BCUT2D eigenvalue weighted by molar-refractivity contribution is -0.117. The van der Waals surface area contributed by atoms with Crippen LogP contribution in [0.3, 0.4) is 0 Å². The Bertz CT molecular complexity index is 241. The zero-order valence-electron chi connectivity index (χ0n) is 11.0. The summed E-state index contributed by atoms with van der Waals surface area (Å²) in [5.74, 6) is 0. The van der Waals surface area contributed by atoms with Crippen molar-refractivity contribution in [3.05, 3.63) is 0 Å². The lowest BCUT2D eigenvalue weighted by Gasteiger charge is -2.36. The summed E-state index contributed by atoms with van der Waals surface area (Å²) in [6, 6.07) is 0. The van der Waals surface area contributed by atoms with Gasteiger partial charge in [0.2, 0.25) is 0 Å². The van der Waals surface area contributed by atoms with Crippen molar-refractivity contribution in [2.75, 3.05) is 26.2 Å². The van der Waals surface area contributed by atoms with E-state index in [4.69, 9.17) is 4.74 Å². The molecule has 0 N–H and O–H groups in total. The molecule has 1 saturated heterocycles. The first kappa shape index (κ1) is 13.0. The number of carbonyl (C=O) groups excluding carboxylic acids is 1. The molecule has 2 rings (SSSR count). The third kappa shape index (κ3) is 3.29. The molecule has 1 aliphatic carbocycles. The molecule has 0 amide bonds. The van der Waals surface area contributed by atoms with E-state index in [1.165, 1.54) is 19.1 Å². The molecule has 0 aromatic heterocycles. The first-order chi connectivity index (χ1) is 8.28. The molecule has 0 aromatic carbocycles. The van der Waals surface area contributed by atoms with E-state index in [0.29, 0.717) is 6.10 Å². The molecule has 17 heavy (non-hydrogen) atoms. The second-order valence-electron chi connectivity index (χ2n) is 5.62. The fourth-order valence-corrected chi connectivity index (χ4v) is 3.31. The molecule has 3 nitrogen and oxygen atoms in total. The molecule has 0 aromatic rings. The summed E-state index contributed by atoms with van der Waals surface area (Å²) >= 11 is 0. The van der Waals surface area contributed by atoms with E-state index in [1.54, 1.807) is 0 Å². The van der Waals surface area contributed by atoms with Crippen LogP contribution in [0.4, 0.5) is 0 Å². The van der Waals surface area contributed by atoms with Gasteiger partial charge in [0.05, 0.1) is 6.10 Å². The number of carbonyl (C=O) groups is 1. The molecule has 3 heteroatoms. The van der Waals surface area contributed by atoms with Gasteiger partial charge in [-0.2, -0.15) is 0 Å². The average Bonchev–Trinajstić information content (AvgIpc) is 2.81. The Morgan fingerprint density at radius 2 is 1.94 bits per heavy atom. The molecule has 1 aliphatic heterocycles. The quantitative estimate of drug-likeness (QED) is 0.689. The van der Waals surface area contributed by atoms with Gasteiger partial charge in [-0.3, -0.25) is 0 Å². The van der Waals surface area contributed by atoms with E-state index in [-0.39, 0.29) is 5.41 Å². The molecule has 0 radical (unpaired) electrons. The minimum absolute atomic E-state index is 0.0154. The largest absolute Gasteiger partial charge is 0.378 e. The van der Waals surface area contributed by atoms with Crippen LogP contribution in [0, 0.1) is 5.41 Å². The normalized spacial score (nSPS) is 26.2. The molecular formula is C14H25NO2. The van der Waals surface area contributed by atoms with Crippen molar-refractivity contribution >= 4 is 6.29 Å². The van der Waals surface area contributed by atoms with Gasteiger partial charge in [0.15, 0.2) is 0 Å². The number of hydrogen-bond donors (Lipinski definition) is 0. The Labute approximate surface area is 105 Å². The van der Waals surface area contributed by atoms with E-state index < -0.39 is 0 Å². The Hall–Kier alpha value is -0.410. The van der Waals surface area contributed by atoms with Crippen molar-refractivity contribution in [1.82, 2.24) is 4.90 Å². The maximum absolute atomic E-state index is 11.3. The summed E-state index contributed by atoms with van der Waals surface area (Å²) < 4.78 is 5.66. The highest BCUT2D eigenvalue weighted by Gasteiger charge is 2.36. The molecular weight excluding hydrogens is 214 g/mol. The minimum Gasteiger partial charge on any atom is -0.378 e. The Morgan fingerprint density at radius 3 is 2.47 bits per heavy atom. The first-order valence-electron chi connectivity index (χ1n) is 7.08. The summed E-state index contributed by atoms with van der Waals surface area (Å²) in [7, 11) is 0. The second kappa shape index (κ2) is 5.96. The van der Waals surface area contributed by atoms with Crippen LogP contribution < -0.4 is 0 Å². The molecule has 0 bridgehead atoms. The fraction of sp³-hybridized carbons (Fsp3) is 0.929. The van der Waals surface area contributed by atoms with Crippen molar-refractivity contribution in [3.8, 4) is 0 Å². The Kier molecular flexibility index (Phi) is 4.57. The number of ether oxygens (including phenoxy) is 1. The summed E-state index contributed by atoms with van der Waals surface area (Å²) in [4.78, 5) is 13.8. The van der Waals surface area contributed by atoms with Crippen molar-refractivity contribution in [2.24, 2.45) is 5.41 Å². The number of likely N-dealkylation sites (tertiary alicyclic amines) is 1. The molecule has 1 saturated carbocycles. The third-order valence-corrected chi connectivity index (χ3v) is 4.32. The standard InChI is InChI=1S/C14H25NO2/c1-2-17-13-5-9-15(10-6-13)11-14(12-16)7-3-4-8-14/h12-13H,2-11H2,1H3. The number of hydrogen-bond acceptors (Lipinski definition) is 3. The Balaban J connectivity index is 1.79. The highest BCUT2D eigenvalue weighted by Crippen LogP contribution is 2.37. The van der Waals surface area contributed by atoms with Crippen LogP contribution >= 0.6 is 0 Å². The predicted octanol–water partition coefficient (Wildman–Crippen LogP) is 2.25. The van der Waals surface area contributed by atoms with E-state index >= 15 is 0 Å². The maximum atomic E-state index is 11.3. The van der Waals surface area contributed by atoms with Crippen LogP contribution in [0.1, 0.15) is 45.4 Å². The van der Waals surface area contributed by atoms with Gasteiger partial charge in [-0.1, -0.05) is 12.8 Å². The van der Waals surface area contributed by atoms with Crippen molar-refractivity contribution in [2.45, 2.75) is 51.6 Å². The minimum atomic E-state index is -0.0154. The second-order valence-corrected chi connectivity index (χ2v) is 5.62. The molecule has 2 aliphatic rings. The van der Waals surface area contributed by atoms with Gasteiger partial charge in [-0.15, -0.1) is 0 Å². The Morgan fingerprint density at radius 1 is 1.29 bits per heavy atom. The highest BCUT2D eigenvalue weighted by atomic mass is 16.5. The van der Waals surface area contributed by atoms with Crippen molar-refractivity contribution in [1.29, 1.82) is 0 Å². The third-order valence-electron chi connectivity index (χ3n) is 4.32. The van der Waals surface area contributed by atoms with Crippen molar-refractivity contribution in [3.63, 3.8) is 0 Å². The molecule has 98 valence electrons. The number of piperidine rings is 1. The van der Waals surface area contributed by atoms with Gasteiger partial charge >= 0.3 is 0 Å². The SMILES string of the molecule is CCOC1CCN(CC2(C=O)CCCC2)CC1. The lowest BCUT2D eigenvalue weighted by atomic mass is 9.87. The van der Waals surface area contributed by atoms with E-state index in [1.807, 2.05) is 0 Å². The number of aldehydes is 1. The summed E-state index contributed by atoms with van der Waals surface area (Å²) in [5.41, 5.74) is -0.0154. The average molecular weight is 239 g/mol.